The highest BCUT2D eigenvalue weighted by atomic mass is 19.4. The highest BCUT2D eigenvalue weighted by Crippen LogP contribution is 2.12. The van der Waals surface area contributed by atoms with Crippen LogP contribution >= 0.6 is 0 Å². The minimum atomic E-state index is -4.75. The van der Waals surface area contributed by atoms with Gasteiger partial charge in [-0.3, -0.25) is 0 Å². The van der Waals surface area contributed by atoms with Crippen LogP contribution in [0.3, 0.4) is 0 Å². The van der Waals surface area contributed by atoms with Crippen molar-refractivity contribution in [1.29, 1.82) is 0 Å². The first-order valence-corrected chi connectivity index (χ1v) is 4.42. The van der Waals surface area contributed by atoms with Crippen LogP contribution in [0.1, 0.15) is 20.3 Å². The molecule has 0 saturated heterocycles. The van der Waals surface area contributed by atoms with E-state index in [1.54, 1.807) is 13.8 Å². The zero-order valence-electron chi connectivity index (χ0n) is 8.01. The van der Waals surface area contributed by atoms with Crippen LogP contribution in [0.2, 0.25) is 0 Å². The Morgan fingerprint density at radius 3 is 2.15 bits per heavy atom. The van der Waals surface area contributed by atoms with Crippen LogP contribution in [0.4, 0.5) is 12.9 Å². The highest BCUT2D eigenvalue weighted by Gasteiger charge is 2.27. The molecule has 0 aromatic carbocycles. The Labute approximate surface area is 76.8 Å². The number of hydrogen-bond donors (Lipinski definition) is 1. The van der Waals surface area contributed by atoms with Crippen LogP contribution in [-0.4, -0.2) is 42.6 Å². The number of rotatable bonds is 6. The topological polar surface area (TPSA) is 23.5 Å². The van der Waals surface area contributed by atoms with Crippen LogP contribution in [0.5, 0.6) is 0 Å². The smallest absolute Gasteiger partial charge is 0.448 e. The van der Waals surface area contributed by atoms with E-state index in [2.05, 4.69) is 0 Å². The summed E-state index contributed by atoms with van der Waals surface area (Å²) in [4.78, 5) is 1.33. The molecule has 0 bridgehead atoms. The molecule has 2 nitrogen and oxygen atoms in total. The van der Waals surface area contributed by atoms with Crippen molar-refractivity contribution in [3.8, 4) is 0 Å². The quantitative estimate of drug-likeness (QED) is 0.653. The standard InChI is InChI=1S/C7H16BF3NO/c1-7(2)12(4-3-5-13)6-8(9,10)11/h7,13H,3-6H2,1-2H3/q-1. The molecule has 0 spiro atoms. The van der Waals surface area contributed by atoms with E-state index in [9.17, 15) is 12.9 Å². The number of hydrogen-bond acceptors (Lipinski definition) is 2. The summed E-state index contributed by atoms with van der Waals surface area (Å²) in [6.07, 6.45) is -0.442. The van der Waals surface area contributed by atoms with Crippen LogP contribution in [0.15, 0.2) is 0 Å². The van der Waals surface area contributed by atoms with Crippen molar-refractivity contribution in [3.63, 3.8) is 0 Å². The van der Waals surface area contributed by atoms with Crippen LogP contribution in [-0.2, 0) is 0 Å². The predicted molar refractivity (Wildman–Crippen MR) is 47.5 cm³/mol. The molecule has 0 rings (SSSR count). The monoisotopic (exact) mass is 198 g/mol. The fraction of sp³-hybridized carbons (Fsp3) is 1.00. The molecular formula is C7H16BF3NO-. The maximum absolute atomic E-state index is 12.1. The van der Waals surface area contributed by atoms with Gasteiger partial charge >= 0.3 is 6.98 Å². The molecule has 0 fully saturated rings. The van der Waals surface area contributed by atoms with E-state index in [0.29, 0.717) is 13.0 Å². The van der Waals surface area contributed by atoms with Gasteiger partial charge in [0, 0.05) is 12.6 Å². The van der Waals surface area contributed by atoms with Gasteiger partial charge in [0.1, 0.15) is 0 Å². The Morgan fingerprint density at radius 1 is 1.31 bits per heavy atom. The average Bonchev–Trinajstić information content (AvgIpc) is 1.95. The molecule has 0 aliphatic heterocycles. The number of aliphatic hydroxyl groups is 1. The summed E-state index contributed by atoms with van der Waals surface area (Å²) < 4.78 is 36.2. The summed E-state index contributed by atoms with van der Waals surface area (Å²) in [6, 6.07) is -0.130. The summed E-state index contributed by atoms with van der Waals surface area (Å²) >= 11 is 0. The maximum atomic E-state index is 12.1. The van der Waals surface area contributed by atoms with Crippen molar-refractivity contribution in [1.82, 2.24) is 4.90 Å². The SMILES string of the molecule is CC(C)N(CCCO)C[B-](F)(F)F. The first-order valence-electron chi connectivity index (χ1n) is 4.42. The Morgan fingerprint density at radius 2 is 1.85 bits per heavy atom. The average molecular weight is 198 g/mol. The molecule has 0 atom stereocenters. The molecule has 0 saturated carbocycles. The van der Waals surface area contributed by atoms with Gasteiger partial charge in [0.2, 0.25) is 0 Å². The first kappa shape index (κ1) is 12.8. The Bertz CT molecular complexity index is 140. The molecule has 0 aliphatic rings. The molecule has 0 amide bonds. The highest BCUT2D eigenvalue weighted by molar-refractivity contribution is 6.58. The van der Waals surface area contributed by atoms with Gasteiger partial charge in [0.25, 0.3) is 0 Å². The number of nitrogens with zero attached hydrogens (tertiary/aromatic N) is 1. The van der Waals surface area contributed by atoms with Crippen molar-refractivity contribution in [2.45, 2.75) is 26.3 Å². The second-order valence-corrected chi connectivity index (χ2v) is 3.38. The number of halogens is 3. The van der Waals surface area contributed by atoms with Gasteiger partial charge in [-0.05, 0) is 33.3 Å². The van der Waals surface area contributed by atoms with E-state index in [4.69, 9.17) is 5.11 Å². The summed E-state index contributed by atoms with van der Waals surface area (Å²) in [7, 11) is 0. The molecule has 0 unspecified atom stereocenters. The van der Waals surface area contributed by atoms with E-state index in [0.717, 1.165) is 0 Å². The zero-order valence-corrected chi connectivity index (χ0v) is 8.01. The molecule has 0 aromatic rings. The minimum Gasteiger partial charge on any atom is -0.448 e. The van der Waals surface area contributed by atoms with Crippen LogP contribution in [0, 0.1) is 0 Å². The van der Waals surface area contributed by atoms with Crippen LogP contribution < -0.4 is 0 Å². The van der Waals surface area contributed by atoms with Crippen molar-refractivity contribution >= 4 is 6.98 Å². The van der Waals surface area contributed by atoms with Gasteiger partial charge in [-0.15, -0.1) is 0 Å². The molecule has 0 aromatic heterocycles. The van der Waals surface area contributed by atoms with E-state index in [1.807, 2.05) is 0 Å². The third kappa shape index (κ3) is 6.89. The molecular weight excluding hydrogens is 182 g/mol. The second kappa shape index (κ2) is 5.49. The molecule has 0 heterocycles. The number of aliphatic hydroxyl groups excluding tert-OH is 1. The van der Waals surface area contributed by atoms with Gasteiger partial charge in [-0.25, -0.2) is 0 Å². The van der Waals surface area contributed by atoms with E-state index >= 15 is 0 Å². The molecule has 1 N–H and O–H groups in total. The second-order valence-electron chi connectivity index (χ2n) is 3.38. The summed E-state index contributed by atoms with van der Waals surface area (Å²) in [5.41, 5.74) is 0. The Hall–Kier alpha value is -0.225. The molecule has 6 heteroatoms. The lowest BCUT2D eigenvalue weighted by Gasteiger charge is -2.31. The Balaban J connectivity index is 3.95. The molecule has 0 radical (unpaired) electrons. The first-order chi connectivity index (χ1) is 5.87. The van der Waals surface area contributed by atoms with Gasteiger partial charge in [-0.1, -0.05) is 0 Å². The fourth-order valence-corrected chi connectivity index (χ4v) is 1.10. The van der Waals surface area contributed by atoms with Crippen molar-refractivity contribution in [2.75, 3.05) is 19.6 Å². The summed E-state index contributed by atoms with van der Waals surface area (Å²) in [5, 5.41) is 8.49. The van der Waals surface area contributed by atoms with E-state index in [1.165, 1.54) is 4.90 Å². The van der Waals surface area contributed by atoms with Crippen molar-refractivity contribution in [3.05, 3.63) is 0 Å². The van der Waals surface area contributed by atoms with Gasteiger partial charge in [0.05, 0.1) is 0 Å². The van der Waals surface area contributed by atoms with Gasteiger partial charge in [0.15, 0.2) is 0 Å². The van der Waals surface area contributed by atoms with Crippen LogP contribution in [0.25, 0.3) is 0 Å². The third-order valence-corrected chi connectivity index (χ3v) is 1.78. The minimum absolute atomic E-state index is 0.0614. The molecule has 0 aliphatic carbocycles. The largest absolute Gasteiger partial charge is 0.492 e. The van der Waals surface area contributed by atoms with E-state index < -0.39 is 13.4 Å². The normalized spacial score (nSPS) is 12.9. The predicted octanol–water partition coefficient (Wildman–Crippen LogP) is 1.47. The van der Waals surface area contributed by atoms with E-state index in [-0.39, 0.29) is 12.6 Å². The van der Waals surface area contributed by atoms with Gasteiger partial charge in [-0.2, -0.15) is 0 Å². The fourth-order valence-electron chi connectivity index (χ4n) is 1.10. The Kier molecular flexibility index (Phi) is 5.40. The molecule has 80 valence electrons. The summed E-state index contributed by atoms with van der Waals surface area (Å²) in [6.45, 7) is -1.07. The van der Waals surface area contributed by atoms with Crippen molar-refractivity contribution in [2.24, 2.45) is 0 Å². The summed E-state index contributed by atoms with van der Waals surface area (Å²) in [5.74, 6) is 0. The lowest BCUT2D eigenvalue weighted by Crippen LogP contribution is -2.42. The maximum Gasteiger partial charge on any atom is 0.492 e. The lowest BCUT2D eigenvalue weighted by molar-refractivity contribution is 0.199. The van der Waals surface area contributed by atoms with Crippen molar-refractivity contribution < 1.29 is 18.1 Å². The third-order valence-electron chi connectivity index (χ3n) is 1.78. The zero-order chi connectivity index (χ0) is 10.5. The van der Waals surface area contributed by atoms with Gasteiger partial charge < -0.3 is 23.0 Å². The lowest BCUT2D eigenvalue weighted by atomic mass is 9.90. The molecule has 13 heavy (non-hydrogen) atoms.